The maximum absolute atomic E-state index is 12.5. The van der Waals surface area contributed by atoms with Gasteiger partial charge in [0.15, 0.2) is 11.5 Å². The second kappa shape index (κ2) is 8.11. The molecule has 0 fully saturated rings. The molecule has 0 saturated carbocycles. The van der Waals surface area contributed by atoms with Gasteiger partial charge >= 0.3 is 5.88 Å². The minimum absolute atomic E-state index is 0.145. The van der Waals surface area contributed by atoms with E-state index in [1.807, 2.05) is 0 Å². The Balaban J connectivity index is 2.14. The highest BCUT2D eigenvalue weighted by Crippen LogP contribution is 2.31. The predicted molar refractivity (Wildman–Crippen MR) is 90.2 cm³/mol. The van der Waals surface area contributed by atoms with Crippen LogP contribution in [0.2, 0.25) is 0 Å². The number of hydrogen-bond acceptors (Lipinski definition) is 8. The first-order chi connectivity index (χ1) is 11.5. The summed E-state index contributed by atoms with van der Waals surface area (Å²) in [6.07, 6.45) is 0. The maximum atomic E-state index is 12.5. The molecule has 2 aromatic rings. The fraction of sp³-hybridized carbons (Fsp3) is 0.467. The van der Waals surface area contributed by atoms with Crippen molar-refractivity contribution < 1.29 is 18.7 Å². The number of carbonyl (C=O) groups excluding carboxylic acids is 1. The lowest BCUT2D eigenvalue weighted by atomic mass is 10.2. The van der Waals surface area contributed by atoms with E-state index in [-0.39, 0.29) is 16.6 Å². The number of carbonyl (C=O) groups is 1. The Kier molecular flexibility index (Phi) is 6.16. The molecule has 8 nitrogen and oxygen atoms in total. The molecule has 130 valence electrons. The highest BCUT2D eigenvalue weighted by molar-refractivity contribution is 8.14. The summed E-state index contributed by atoms with van der Waals surface area (Å²) in [5.74, 6) is 0.747. The van der Waals surface area contributed by atoms with E-state index < -0.39 is 10.8 Å². The Bertz CT molecular complexity index is 721. The molecule has 0 amide bonds. The lowest BCUT2D eigenvalue weighted by molar-refractivity contribution is -0.401. The summed E-state index contributed by atoms with van der Waals surface area (Å²) in [5.41, 5.74) is 0.490. The molecule has 0 bridgehead atoms. The molecule has 0 saturated heterocycles. The molecule has 0 unspecified atom stereocenters. The van der Waals surface area contributed by atoms with Crippen molar-refractivity contribution >= 4 is 22.8 Å². The van der Waals surface area contributed by atoms with Gasteiger partial charge in [-0.15, -0.1) is 0 Å². The normalized spacial score (nSPS) is 11.2. The van der Waals surface area contributed by atoms with Crippen LogP contribution in [0.3, 0.4) is 0 Å². The smallest absolute Gasteiger partial charge is 0.399 e. The summed E-state index contributed by atoms with van der Waals surface area (Å²) in [4.78, 5) is 24.8. The molecular formula is C15H19N3O5S. The zero-order valence-corrected chi connectivity index (χ0v) is 14.6. The molecule has 0 atom stereocenters. The molecule has 24 heavy (non-hydrogen) atoms. The summed E-state index contributed by atoms with van der Waals surface area (Å²) in [6.45, 7) is 8.43. The fourth-order valence-electron chi connectivity index (χ4n) is 2.21. The number of rotatable bonds is 8. The minimum Gasteiger partial charge on any atom is -0.399 e. The van der Waals surface area contributed by atoms with Crippen LogP contribution in [0.4, 0.5) is 5.88 Å². The first-order valence-corrected chi connectivity index (χ1v) is 8.56. The van der Waals surface area contributed by atoms with E-state index in [1.54, 1.807) is 6.92 Å². The van der Waals surface area contributed by atoms with E-state index in [4.69, 9.17) is 8.94 Å². The lowest BCUT2D eigenvalue weighted by Crippen LogP contribution is -2.25. The van der Waals surface area contributed by atoms with Crippen LogP contribution in [0.1, 0.15) is 30.0 Å². The lowest BCUT2D eigenvalue weighted by Gasteiger charge is -2.16. The SMILES string of the molecule is CCN(CC)CCSC(=O)c1c(-c2ccc([N+](=O)[O-])o2)noc1C. The Morgan fingerprint density at radius 2 is 2.08 bits per heavy atom. The van der Waals surface area contributed by atoms with Gasteiger partial charge in [0.25, 0.3) is 0 Å². The van der Waals surface area contributed by atoms with Gasteiger partial charge in [0.05, 0.1) is 6.07 Å². The fourth-order valence-corrected chi connectivity index (χ4v) is 3.13. The van der Waals surface area contributed by atoms with Crippen molar-refractivity contribution in [3.8, 4) is 11.5 Å². The van der Waals surface area contributed by atoms with Crippen LogP contribution < -0.4 is 0 Å². The number of aromatic nitrogens is 1. The highest BCUT2D eigenvalue weighted by Gasteiger charge is 2.25. The van der Waals surface area contributed by atoms with Crippen molar-refractivity contribution in [1.29, 1.82) is 0 Å². The van der Waals surface area contributed by atoms with Gasteiger partial charge < -0.3 is 13.8 Å². The standard InChI is InChI=1S/C15H19N3O5S/c1-4-17(5-2)8-9-24-15(19)13-10(3)23-16-14(13)11-6-7-12(22-11)18(20)21/h6-7H,4-5,8-9H2,1-3H3. The Labute approximate surface area is 143 Å². The average Bonchev–Trinajstić information content (AvgIpc) is 3.18. The van der Waals surface area contributed by atoms with Crippen molar-refractivity contribution in [2.45, 2.75) is 20.8 Å². The van der Waals surface area contributed by atoms with Gasteiger partial charge in [0.1, 0.15) is 16.2 Å². The molecule has 2 rings (SSSR count). The summed E-state index contributed by atoms with van der Waals surface area (Å²) in [6, 6.07) is 2.63. The molecule has 0 aromatic carbocycles. The Morgan fingerprint density at radius 1 is 1.38 bits per heavy atom. The molecule has 0 N–H and O–H groups in total. The number of nitrogens with zero attached hydrogens (tertiary/aromatic N) is 3. The van der Waals surface area contributed by atoms with Crippen LogP contribution in [-0.4, -0.2) is 45.5 Å². The highest BCUT2D eigenvalue weighted by atomic mass is 32.2. The third-order valence-electron chi connectivity index (χ3n) is 3.61. The van der Waals surface area contributed by atoms with E-state index in [9.17, 15) is 14.9 Å². The van der Waals surface area contributed by atoms with Gasteiger partial charge in [-0.2, -0.15) is 0 Å². The number of thioether (sulfide) groups is 1. The summed E-state index contributed by atoms with van der Waals surface area (Å²) in [5, 5.41) is 14.4. The number of aryl methyl sites for hydroxylation is 1. The topological polar surface area (TPSA) is 103 Å². The van der Waals surface area contributed by atoms with Crippen molar-refractivity contribution in [2.24, 2.45) is 0 Å². The van der Waals surface area contributed by atoms with Crippen LogP contribution in [0.5, 0.6) is 0 Å². The van der Waals surface area contributed by atoms with Gasteiger partial charge in [0.2, 0.25) is 5.12 Å². The van der Waals surface area contributed by atoms with Crippen LogP contribution in [0.25, 0.3) is 11.5 Å². The second-order valence-corrected chi connectivity index (χ2v) is 6.09. The molecule has 0 radical (unpaired) electrons. The van der Waals surface area contributed by atoms with Crippen LogP contribution in [0.15, 0.2) is 21.1 Å². The quantitative estimate of drug-likeness (QED) is 0.526. The van der Waals surface area contributed by atoms with Crippen LogP contribution >= 0.6 is 11.8 Å². The average molecular weight is 353 g/mol. The van der Waals surface area contributed by atoms with Crippen molar-refractivity contribution in [1.82, 2.24) is 10.1 Å². The zero-order chi connectivity index (χ0) is 17.7. The maximum Gasteiger partial charge on any atom is 0.433 e. The Hall–Kier alpha value is -2.13. The van der Waals surface area contributed by atoms with E-state index in [1.165, 1.54) is 23.9 Å². The van der Waals surface area contributed by atoms with Gasteiger partial charge in [-0.1, -0.05) is 30.8 Å². The van der Waals surface area contributed by atoms with E-state index >= 15 is 0 Å². The molecule has 0 aliphatic rings. The third kappa shape index (κ3) is 4.04. The van der Waals surface area contributed by atoms with Crippen molar-refractivity contribution in [2.75, 3.05) is 25.4 Å². The van der Waals surface area contributed by atoms with Gasteiger partial charge in [0, 0.05) is 12.3 Å². The van der Waals surface area contributed by atoms with Crippen molar-refractivity contribution in [3.63, 3.8) is 0 Å². The van der Waals surface area contributed by atoms with Crippen LogP contribution in [0, 0.1) is 17.0 Å². The first-order valence-electron chi connectivity index (χ1n) is 7.58. The van der Waals surface area contributed by atoms with Gasteiger partial charge in [-0.25, -0.2) is 0 Å². The molecule has 0 aliphatic heterocycles. The number of nitro groups is 1. The number of hydrogen-bond donors (Lipinski definition) is 0. The van der Waals surface area contributed by atoms with Gasteiger partial charge in [-0.05, 0) is 26.1 Å². The summed E-state index contributed by atoms with van der Waals surface area (Å²) in [7, 11) is 0. The first kappa shape index (κ1) is 18.2. The summed E-state index contributed by atoms with van der Waals surface area (Å²) >= 11 is 1.17. The largest absolute Gasteiger partial charge is 0.433 e. The zero-order valence-electron chi connectivity index (χ0n) is 13.8. The minimum atomic E-state index is -0.642. The predicted octanol–water partition coefficient (Wildman–Crippen LogP) is 3.37. The second-order valence-electron chi connectivity index (χ2n) is 5.02. The van der Waals surface area contributed by atoms with E-state index in [2.05, 4.69) is 23.9 Å². The van der Waals surface area contributed by atoms with E-state index in [0.717, 1.165) is 19.6 Å². The Morgan fingerprint density at radius 3 is 2.67 bits per heavy atom. The monoisotopic (exact) mass is 353 g/mol. The molecule has 2 aromatic heterocycles. The third-order valence-corrected chi connectivity index (χ3v) is 4.46. The molecule has 0 spiro atoms. The van der Waals surface area contributed by atoms with Crippen LogP contribution in [-0.2, 0) is 0 Å². The summed E-state index contributed by atoms with van der Waals surface area (Å²) < 4.78 is 10.2. The number of furan rings is 1. The molecule has 2 heterocycles. The van der Waals surface area contributed by atoms with Crippen molar-refractivity contribution in [3.05, 3.63) is 33.6 Å². The molecular weight excluding hydrogens is 334 g/mol. The molecule has 0 aliphatic carbocycles. The van der Waals surface area contributed by atoms with E-state index in [0.29, 0.717) is 17.1 Å². The van der Waals surface area contributed by atoms with Gasteiger partial charge in [-0.3, -0.25) is 14.9 Å². The molecule has 9 heteroatoms.